The predicted octanol–water partition coefficient (Wildman–Crippen LogP) is 4.14. The topological polar surface area (TPSA) is 54.0 Å². The first-order chi connectivity index (χ1) is 12.1. The van der Waals surface area contributed by atoms with E-state index < -0.39 is 11.9 Å². The zero-order valence-corrected chi connectivity index (χ0v) is 14.3. The average molecular weight is 358 g/mol. The summed E-state index contributed by atoms with van der Waals surface area (Å²) in [6, 6.07) is 13.8. The molecule has 0 aliphatic carbocycles. The van der Waals surface area contributed by atoms with Gasteiger partial charge in [0.25, 0.3) is 0 Å². The molecule has 0 bridgehead atoms. The van der Waals surface area contributed by atoms with Crippen molar-refractivity contribution in [3.05, 3.63) is 71.1 Å². The Morgan fingerprint density at radius 3 is 2.72 bits per heavy atom. The average Bonchev–Trinajstić information content (AvgIpc) is 2.63. The highest BCUT2D eigenvalue weighted by molar-refractivity contribution is 6.35. The Balaban J connectivity index is 1.70. The van der Waals surface area contributed by atoms with Crippen molar-refractivity contribution < 1.29 is 9.18 Å². The lowest BCUT2D eigenvalue weighted by Crippen LogP contribution is -2.37. The summed E-state index contributed by atoms with van der Waals surface area (Å²) in [4.78, 5) is 16.2. The third-order valence-corrected chi connectivity index (χ3v) is 4.20. The highest BCUT2D eigenvalue weighted by Crippen LogP contribution is 2.28. The maximum absolute atomic E-state index is 14.6. The number of amides is 1. The van der Waals surface area contributed by atoms with Crippen LogP contribution in [0.15, 0.2) is 54.7 Å². The number of hydrogen-bond acceptors (Lipinski definition) is 3. The minimum absolute atomic E-state index is 0.175. The molecule has 4 nitrogen and oxygen atoms in total. The van der Waals surface area contributed by atoms with Crippen LogP contribution < -0.4 is 10.6 Å². The van der Waals surface area contributed by atoms with E-state index in [4.69, 9.17) is 11.6 Å². The molecule has 0 fully saturated rings. The highest BCUT2D eigenvalue weighted by Gasteiger charge is 2.16. The fourth-order valence-corrected chi connectivity index (χ4v) is 2.71. The largest absolute Gasteiger partial charge is 0.371 e. The van der Waals surface area contributed by atoms with Crippen molar-refractivity contribution in [3.63, 3.8) is 0 Å². The number of anilines is 1. The fraction of sp³-hybridized carbons (Fsp3) is 0.158. The van der Waals surface area contributed by atoms with E-state index >= 15 is 0 Å². The normalized spacial score (nSPS) is 12.0. The minimum Gasteiger partial charge on any atom is -0.371 e. The van der Waals surface area contributed by atoms with Gasteiger partial charge in [-0.2, -0.15) is 0 Å². The molecule has 6 heteroatoms. The molecule has 2 aromatic carbocycles. The summed E-state index contributed by atoms with van der Waals surface area (Å²) < 4.78 is 14.6. The van der Waals surface area contributed by atoms with Gasteiger partial charge in [-0.15, -0.1) is 0 Å². The Hall–Kier alpha value is -2.66. The van der Waals surface area contributed by atoms with Crippen molar-refractivity contribution in [3.8, 4) is 0 Å². The number of fused-ring (bicyclic) bond motifs is 1. The van der Waals surface area contributed by atoms with E-state index in [0.29, 0.717) is 17.0 Å². The van der Waals surface area contributed by atoms with E-state index in [1.54, 1.807) is 25.1 Å². The molecule has 0 radical (unpaired) electrons. The summed E-state index contributed by atoms with van der Waals surface area (Å²) in [6.45, 7) is 2.10. The van der Waals surface area contributed by atoms with Gasteiger partial charge in [-0.25, -0.2) is 4.39 Å². The van der Waals surface area contributed by atoms with Crippen LogP contribution in [0.25, 0.3) is 10.9 Å². The molecule has 3 aromatic rings. The second kappa shape index (κ2) is 7.49. The number of rotatable bonds is 5. The summed E-state index contributed by atoms with van der Waals surface area (Å²) in [6.07, 6.45) is 1.45. The SMILES string of the molecule is CC(Nc1ccc2c(Cl)ccnc2c1F)C(=O)NCc1ccccc1. The van der Waals surface area contributed by atoms with Crippen molar-refractivity contribution in [1.29, 1.82) is 0 Å². The number of carbonyl (C=O) groups is 1. The van der Waals surface area contributed by atoms with Gasteiger partial charge < -0.3 is 10.6 Å². The van der Waals surface area contributed by atoms with Crippen LogP contribution in [0.4, 0.5) is 10.1 Å². The summed E-state index contributed by atoms with van der Waals surface area (Å²) in [5, 5.41) is 6.68. The number of halogens is 2. The van der Waals surface area contributed by atoms with Crippen molar-refractivity contribution in [2.75, 3.05) is 5.32 Å². The highest BCUT2D eigenvalue weighted by atomic mass is 35.5. The molecule has 0 aliphatic heterocycles. The van der Waals surface area contributed by atoms with Crippen molar-refractivity contribution >= 4 is 34.1 Å². The zero-order chi connectivity index (χ0) is 17.8. The molecule has 0 saturated heterocycles. The summed E-state index contributed by atoms with van der Waals surface area (Å²) >= 11 is 6.05. The lowest BCUT2D eigenvalue weighted by molar-refractivity contribution is -0.121. The van der Waals surface area contributed by atoms with E-state index in [9.17, 15) is 9.18 Å². The smallest absolute Gasteiger partial charge is 0.242 e. The first kappa shape index (κ1) is 17.2. The number of aromatic nitrogens is 1. The van der Waals surface area contributed by atoms with E-state index in [1.807, 2.05) is 30.3 Å². The molecule has 1 heterocycles. The van der Waals surface area contributed by atoms with Gasteiger partial charge >= 0.3 is 0 Å². The second-order valence-corrected chi connectivity index (χ2v) is 6.09. The standard InChI is InChI=1S/C19H17ClFN3O/c1-12(19(25)23-11-13-5-3-2-4-6-13)24-16-8-7-14-15(20)9-10-22-18(14)17(16)21/h2-10,12,24H,11H2,1H3,(H,23,25). The molecule has 25 heavy (non-hydrogen) atoms. The summed E-state index contributed by atoms with van der Waals surface area (Å²) in [5.41, 5.74) is 1.39. The predicted molar refractivity (Wildman–Crippen MR) is 98.1 cm³/mol. The molecular weight excluding hydrogens is 341 g/mol. The molecule has 0 aliphatic rings. The van der Waals surface area contributed by atoms with Gasteiger partial charge in [0.2, 0.25) is 5.91 Å². The number of hydrogen-bond donors (Lipinski definition) is 2. The molecule has 3 rings (SSSR count). The van der Waals surface area contributed by atoms with E-state index in [0.717, 1.165) is 5.56 Å². The Kier molecular flexibility index (Phi) is 5.14. The van der Waals surface area contributed by atoms with Gasteiger partial charge in [0.05, 0.1) is 10.7 Å². The Labute approximate surface area is 150 Å². The number of nitrogens with zero attached hydrogens (tertiary/aromatic N) is 1. The third-order valence-electron chi connectivity index (χ3n) is 3.87. The third kappa shape index (κ3) is 3.88. The van der Waals surface area contributed by atoms with Crippen LogP contribution in [0, 0.1) is 5.82 Å². The van der Waals surface area contributed by atoms with Crippen LogP contribution in [0.5, 0.6) is 0 Å². The van der Waals surface area contributed by atoms with Crippen LogP contribution in [0.1, 0.15) is 12.5 Å². The lowest BCUT2D eigenvalue weighted by atomic mass is 10.1. The minimum atomic E-state index is -0.602. The maximum atomic E-state index is 14.6. The van der Waals surface area contributed by atoms with Crippen molar-refractivity contribution in [2.24, 2.45) is 0 Å². The quantitative estimate of drug-likeness (QED) is 0.721. The van der Waals surface area contributed by atoms with Gasteiger partial charge in [-0.05, 0) is 30.7 Å². The van der Waals surface area contributed by atoms with Crippen LogP contribution in [-0.4, -0.2) is 16.9 Å². The van der Waals surface area contributed by atoms with Crippen molar-refractivity contribution in [1.82, 2.24) is 10.3 Å². The van der Waals surface area contributed by atoms with Crippen LogP contribution >= 0.6 is 11.6 Å². The van der Waals surface area contributed by atoms with Gasteiger partial charge in [0.1, 0.15) is 11.6 Å². The van der Waals surface area contributed by atoms with Gasteiger partial charge in [0.15, 0.2) is 5.82 Å². The number of carbonyl (C=O) groups excluding carboxylic acids is 1. The van der Waals surface area contributed by atoms with E-state index in [-0.39, 0.29) is 17.1 Å². The molecule has 0 spiro atoms. The van der Waals surface area contributed by atoms with Crippen LogP contribution in [-0.2, 0) is 11.3 Å². The second-order valence-electron chi connectivity index (χ2n) is 5.69. The zero-order valence-electron chi connectivity index (χ0n) is 13.6. The first-order valence-corrected chi connectivity index (χ1v) is 8.25. The monoisotopic (exact) mass is 357 g/mol. The number of pyridine rings is 1. The molecule has 0 saturated carbocycles. The Morgan fingerprint density at radius 1 is 1.20 bits per heavy atom. The van der Waals surface area contributed by atoms with E-state index in [1.165, 1.54) is 6.20 Å². The van der Waals surface area contributed by atoms with Crippen LogP contribution in [0.2, 0.25) is 5.02 Å². The van der Waals surface area contributed by atoms with Gasteiger partial charge in [0, 0.05) is 18.1 Å². The van der Waals surface area contributed by atoms with Crippen molar-refractivity contribution in [2.45, 2.75) is 19.5 Å². The molecule has 1 unspecified atom stereocenters. The molecule has 1 aromatic heterocycles. The lowest BCUT2D eigenvalue weighted by Gasteiger charge is -2.16. The summed E-state index contributed by atoms with van der Waals surface area (Å²) in [5.74, 6) is -0.745. The maximum Gasteiger partial charge on any atom is 0.242 e. The van der Waals surface area contributed by atoms with Gasteiger partial charge in [-0.1, -0.05) is 41.9 Å². The molecule has 2 N–H and O–H groups in total. The first-order valence-electron chi connectivity index (χ1n) is 7.87. The molecular formula is C19H17ClFN3O. The van der Waals surface area contributed by atoms with E-state index in [2.05, 4.69) is 15.6 Å². The molecule has 1 atom stereocenters. The Bertz CT molecular complexity index is 902. The van der Waals surface area contributed by atoms with Gasteiger partial charge in [-0.3, -0.25) is 9.78 Å². The Morgan fingerprint density at radius 2 is 1.96 bits per heavy atom. The fourth-order valence-electron chi connectivity index (χ4n) is 2.50. The molecule has 128 valence electrons. The summed E-state index contributed by atoms with van der Waals surface area (Å²) in [7, 11) is 0. The van der Waals surface area contributed by atoms with Crippen LogP contribution in [0.3, 0.4) is 0 Å². The number of nitrogens with one attached hydrogen (secondary N) is 2. The molecule has 1 amide bonds. The number of benzene rings is 2.